The van der Waals surface area contributed by atoms with E-state index in [4.69, 9.17) is 9.47 Å². The van der Waals surface area contributed by atoms with E-state index in [1.807, 2.05) is 32.0 Å². The number of piperidine rings is 1. The van der Waals surface area contributed by atoms with Crippen molar-refractivity contribution >= 4 is 21.6 Å². The van der Waals surface area contributed by atoms with Gasteiger partial charge in [-0.25, -0.2) is 8.42 Å². The highest BCUT2D eigenvalue weighted by Gasteiger charge is 2.32. The van der Waals surface area contributed by atoms with Crippen molar-refractivity contribution in [2.45, 2.75) is 31.6 Å². The quantitative estimate of drug-likeness (QED) is 0.757. The molecule has 1 N–H and O–H groups in total. The molecule has 30 heavy (non-hydrogen) atoms. The molecule has 1 heterocycles. The maximum atomic E-state index is 13.0. The van der Waals surface area contributed by atoms with Gasteiger partial charge in [0.15, 0.2) is 11.5 Å². The molecule has 2 aromatic rings. The van der Waals surface area contributed by atoms with Crippen LogP contribution in [-0.4, -0.2) is 45.9 Å². The van der Waals surface area contributed by atoms with Crippen LogP contribution in [0, 0.1) is 19.8 Å². The molecular formula is C22H28N2O5S. The van der Waals surface area contributed by atoms with Crippen molar-refractivity contribution in [1.82, 2.24) is 4.31 Å². The summed E-state index contributed by atoms with van der Waals surface area (Å²) in [5, 5.41) is 3.02. The number of sulfonamides is 1. The molecule has 3 rings (SSSR count). The Hall–Kier alpha value is -2.58. The van der Waals surface area contributed by atoms with Gasteiger partial charge in [-0.15, -0.1) is 0 Å². The first-order chi connectivity index (χ1) is 14.3. The Morgan fingerprint density at radius 2 is 1.60 bits per heavy atom. The molecule has 0 aromatic heterocycles. The first-order valence-corrected chi connectivity index (χ1v) is 11.3. The number of carbonyl (C=O) groups is 1. The van der Waals surface area contributed by atoms with Crippen molar-refractivity contribution in [2.24, 2.45) is 5.92 Å². The summed E-state index contributed by atoms with van der Waals surface area (Å²) in [6.07, 6.45) is 0.951. The summed E-state index contributed by atoms with van der Waals surface area (Å²) in [6.45, 7) is 4.50. The average molecular weight is 433 g/mol. The topological polar surface area (TPSA) is 84.9 Å². The van der Waals surface area contributed by atoms with E-state index in [1.54, 1.807) is 6.07 Å². The third-order valence-electron chi connectivity index (χ3n) is 5.55. The van der Waals surface area contributed by atoms with Gasteiger partial charge in [0.05, 0.1) is 19.1 Å². The summed E-state index contributed by atoms with van der Waals surface area (Å²) < 4.78 is 37.9. The highest BCUT2D eigenvalue weighted by atomic mass is 32.2. The number of ether oxygens (including phenoxy) is 2. The fourth-order valence-corrected chi connectivity index (χ4v) is 5.21. The number of aryl methyl sites for hydroxylation is 2. The van der Waals surface area contributed by atoms with Gasteiger partial charge in [0.2, 0.25) is 15.9 Å². The van der Waals surface area contributed by atoms with Gasteiger partial charge in [0.25, 0.3) is 0 Å². The second-order valence-corrected chi connectivity index (χ2v) is 9.39. The Bertz CT molecular complexity index is 1010. The van der Waals surface area contributed by atoms with E-state index < -0.39 is 10.0 Å². The number of nitrogens with one attached hydrogen (secondary N) is 1. The van der Waals surface area contributed by atoms with Gasteiger partial charge >= 0.3 is 0 Å². The number of nitrogens with zero attached hydrogens (tertiary/aromatic N) is 1. The number of carbonyl (C=O) groups excluding carboxylic acids is 1. The maximum Gasteiger partial charge on any atom is 0.243 e. The van der Waals surface area contributed by atoms with Gasteiger partial charge in [-0.2, -0.15) is 4.31 Å². The van der Waals surface area contributed by atoms with Crippen molar-refractivity contribution in [3.63, 3.8) is 0 Å². The minimum atomic E-state index is -3.67. The monoisotopic (exact) mass is 432 g/mol. The third kappa shape index (κ3) is 4.44. The van der Waals surface area contributed by atoms with E-state index in [9.17, 15) is 13.2 Å². The van der Waals surface area contributed by atoms with Crippen LogP contribution in [0.25, 0.3) is 0 Å². The first kappa shape index (κ1) is 22.1. The molecule has 1 amide bonds. The van der Waals surface area contributed by atoms with Crippen LogP contribution < -0.4 is 14.8 Å². The lowest BCUT2D eigenvalue weighted by Gasteiger charge is -2.31. The molecule has 0 saturated carbocycles. The van der Waals surface area contributed by atoms with Crippen LogP contribution in [-0.2, 0) is 14.8 Å². The van der Waals surface area contributed by atoms with E-state index in [2.05, 4.69) is 5.32 Å². The molecule has 0 unspecified atom stereocenters. The van der Waals surface area contributed by atoms with Crippen LogP contribution in [0.2, 0.25) is 0 Å². The Morgan fingerprint density at radius 3 is 2.17 bits per heavy atom. The van der Waals surface area contributed by atoms with Crippen molar-refractivity contribution < 1.29 is 22.7 Å². The lowest BCUT2D eigenvalue weighted by molar-refractivity contribution is -0.120. The van der Waals surface area contributed by atoms with Gasteiger partial charge in [-0.1, -0.05) is 18.2 Å². The van der Waals surface area contributed by atoms with Gasteiger partial charge < -0.3 is 14.8 Å². The Balaban J connectivity index is 1.68. The van der Waals surface area contributed by atoms with Crippen molar-refractivity contribution in [3.05, 3.63) is 47.5 Å². The fraction of sp³-hybridized carbons (Fsp3) is 0.409. The highest BCUT2D eigenvalue weighted by Crippen LogP contribution is 2.32. The summed E-state index contributed by atoms with van der Waals surface area (Å²) in [4.78, 5) is 12.9. The molecule has 162 valence electrons. The number of methoxy groups -OCH3 is 2. The minimum Gasteiger partial charge on any atom is -0.493 e. The molecule has 1 saturated heterocycles. The predicted octanol–water partition coefficient (Wildman–Crippen LogP) is 3.36. The van der Waals surface area contributed by atoms with Crippen LogP contribution in [0.15, 0.2) is 41.3 Å². The Labute approximate surface area is 178 Å². The standard InChI is InChI=1S/C22H28N2O5S/c1-15-6-5-7-16(2)21(15)23-22(25)17-10-12-24(13-11-17)30(26,27)18-8-9-19(28-3)20(14-18)29-4/h5-9,14,17H,10-13H2,1-4H3,(H,23,25). The van der Waals surface area contributed by atoms with Crippen LogP contribution in [0.1, 0.15) is 24.0 Å². The van der Waals surface area contributed by atoms with Gasteiger partial charge in [-0.05, 0) is 49.9 Å². The summed E-state index contributed by atoms with van der Waals surface area (Å²) in [6, 6.07) is 10.4. The third-order valence-corrected chi connectivity index (χ3v) is 7.44. The molecule has 7 nitrogen and oxygen atoms in total. The Morgan fingerprint density at radius 1 is 1.00 bits per heavy atom. The van der Waals surface area contributed by atoms with Crippen LogP contribution in [0.5, 0.6) is 11.5 Å². The number of rotatable bonds is 6. The molecule has 2 aromatic carbocycles. The van der Waals surface area contributed by atoms with Crippen LogP contribution in [0.4, 0.5) is 5.69 Å². The summed E-state index contributed by atoms with van der Waals surface area (Å²) in [7, 11) is -0.708. The van der Waals surface area contributed by atoms with E-state index in [-0.39, 0.29) is 16.7 Å². The van der Waals surface area contributed by atoms with E-state index >= 15 is 0 Å². The van der Waals surface area contributed by atoms with Crippen LogP contribution in [0.3, 0.4) is 0 Å². The molecule has 1 aliphatic heterocycles. The largest absolute Gasteiger partial charge is 0.493 e. The molecule has 1 fully saturated rings. The fourth-order valence-electron chi connectivity index (χ4n) is 3.72. The second kappa shape index (κ2) is 9.06. The lowest BCUT2D eigenvalue weighted by atomic mass is 9.96. The molecule has 8 heteroatoms. The molecule has 0 aliphatic carbocycles. The number of hydrogen-bond donors (Lipinski definition) is 1. The zero-order valence-electron chi connectivity index (χ0n) is 17.8. The van der Waals surface area contributed by atoms with E-state index in [0.717, 1.165) is 16.8 Å². The number of hydrogen-bond acceptors (Lipinski definition) is 5. The van der Waals surface area contributed by atoms with Crippen LogP contribution >= 0.6 is 0 Å². The Kier molecular flexibility index (Phi) is 6.67. The molecule has 0 spiro atoms. The van der Waals surface area contributed by atoms with Crippen molar-refractivity contribution in [1.29, 1.82) is 0 Å². The molecular weight excluding hydrogens is 404 g/mol. The van der Waals surface area contributed by atoms with Crippen molar-refractivity contribution in [3.8, 4) is 11.5 Å². The summed E-state index contributed by atoms with van der Waals surface area (Å²) >= 11 is 0. The predicted molar refractivity (Wildman–Crippen MR) is 116 cm³/mol. The van der Waals surface area contributed by atoms with Gasteiger partial charge in [0.1, 0.15) is 0 Å². The highest BCUT2D eigenvalue weighted by molar-refractivity contribution is 7.89. The van der Waals surface area contributed by atoms with Crippen molar-refractivity contribution in [2.75, 3.05) is 32.6 Å². The zero-order chi connectivity index (χ0) is 21.9. The second-order valence-electron chi connectivity index (χ2n) is 7.45. The first-order valence-electron chi connectivity index (χ1n) is 9.87. The molecule has 0 bridgehead atoms. The molecule has 0 atom stereocenters. The average Bonchev–Trinajstić information content (AvgIpc) is 2.75. The molecule has 0 radical (unpaired) electrons. The van der Waals surface area contributed by atoms with Gasteiger partial charge in [-0.3, -0.25) is 4.79 Å². The van der Waals surface area contributed by atoms with E-state index in [0.29, 0.717) is 37.4 Å². The number of benzene rings is 2. The molecule has 1 aliphatic rings. The number of para-hydroxylation sites is 1. The zero-order valence-corrected chi connectivity index (χ0v) is 18.6. The normalized spacial score (nSPS) is 15.6. The minimum absolute atomic E-state index is 0.0597. The smallest absolute Gasteiger partial charge is 0.243 e. The van der Waals surface area contributed by atoms with E-state index in [1.165, 1.54) is 30.7 Å². The number of anilines is 1. The number of amides is 1. The van der Waals surface area contributed by atoms with Gasteiger partial charge in [0, 0.05) is 30.8 Å². The summed E-state index contributed by atoms with van der Waals surface area (Å²) in [5.41, 5.74) is 2.86. The summed E-state index contributed by atoms with van der Waals surface area (Å²) in [5.74, 6) is 0.552. The SMILES string of the molecule is COc1ccc(S(=O)(=O)N2CCC(C(=O)Nc3c(C)cccc3C)CC2)cc1OC. The maximum absolute atomic E-state index is 13.0. The lowest BCUT2D eigenvalue weighted by Crippen LogP contribution is -2.41.